The number of ether oxygens (including phenoxy) is 1. The van der Waals surface area contributed by atoms with Crippen molar-refractivity contribution in [1.29, 1.82) is 0 Å². The number of nitrogens with zero attached hydrogens (tertiary/aromatic N) is 1. The lowest BCUT2D eigenvalue weighted by atomic mass is 10.1. The molecular weight excluding hydrogens is 266 g/mol. The normalized spacial score (nSPS) is 21.3. The highest BCUT2D eigenvalue weighted by Gasteiger charge is 2.33. The van der Waals surface area contributed by atoms with Crippen LogP contribution < -0.4 is 4.74 Å². The van der Waals surface area contributed by atoms with Crippen molar-refractivity contribution in [3.63, 3.8) is 0 Å². The Bertz CT molecular complexity index is 529. The van der Waals surface area contributed by atoms with E-state index in [-0.39, 0.29) is 17.5 Å². The van der Waals surface area contributed by atoms with E-state index in [0.717, 1.165) is 12.8 Å². The zero-order valence-corrected chi connectivity index (χ0v) is 11.8. The van der Waals surface area contributed by atoms with Gasteiger partial charge in [-0.15, -0.1) is 0 Å². The average Bonchev–Trinajstić information content (AvgIpc) is 2.47. The highest BCUT2D eigenvalue weighted by atomic mass is 32.2. The highest BCUT2D eigenvalue weighted by Crippen LogP contribution is 2.26. The number of aliphatic hydroxyl groups is 1. The maximum absolute atomic E-state index is 12.6. The average molecular weight is 285 g/mol. The van der Waals surface area contributed by atoms with Gasteiger partial charge in [0.15, 0.2) is 0 Å². The van der Waals surface area contributed by atoms with Crippen molar-refractivity contribution in [1.82, 2.24) is 4.31 Å². The molecule has 5 nitrogen and oxygen atoms in total. The van der Waals surface area contributed by atoms with E-state index in [9.17, 15) is 13.5 Å². The fourth-order valence-electron chi connectivity index (χ4n) is 2.37. The van der Waals surface area contributed by atoms with Gasteiger partial charge in [0.1, 0.15) is 5.75 Å². The minimum absolute atomic E-state index is 0.136. The third kappa shape index (κ3) is 2.91. The molecule has 1 aliphatic heterocycles. The minimum Gasteiger partial charge on any atom is -0.497 e. The van der Waals surface area contributed by atoms with Crippen LogP contribution in [0.3, 0.4) is 0 Å². The van der Waals surface area contributed by atoms with Gasteiger partial charge in [-0.3, -0.25) is 0 Å². The summed E-state index contributed by atoms with van der Waals surface area (Å²) in [6.07, 6.45) is 2.49. The van der Waals surface area contributed by atoms with Gasteiger partial charge in [-0.2, -0.15) is 4.31 Å². The number of sulfonamides is 1. The predicted octanol–water partition coefficient (Wildman–Crippen LogP) is 1.23. The zero-order chi connectivity index (χ0) is 13.9. The van der Waals surface area contributed by atoms with Crippen molar-refractivity contribution in [3.05, 3.63) is 24.3 Å². The lowest BCUT2D eigenvalue weighted by Gasteiger charge is -2.33. The molecule has 0 bridgehead atoms. The zero-order valence-electron chi connectivity index (χ0n) is 10.9. The molecule has 1 saturated heterocycles. The molecule has 1 N–H and O–H groups in total. The second kappa shape index (κ2) is 5.90. The first-order valence-electron chi connectivity index (χ1n) is 6.36. The lowest BCUT2D eigenvalue weighted by molar-refractivity contribution is 0.155. The summed E-state index contributed by atoms with van der Waals surface area (Å²) in [5, 5.41) is 9.34. The smallest absolute Gasteiger partial charge is 0.243 e. The summed E-state index contributed by atoms with van der Waals surface area (Å²) in [4.78, 5) is 0.215. The van der Waals surface area contributed by atoms with Crippen molar-refractivity contribution in [3.8, 4) is 5.75 Å². The van der Waals surface area contributed by atoms with Gasteiger partial charge >= 0.3 is 0 Å². The van der Waals surface area contributed by atoms with E-state index in [0.29, 0.717) is 18.7 Å². The molecule has 0 spiro atoms. The second-order valence-electron chi connectivity index (χ2n) is 4.63. The summed E-state index contributed by atoms with van der Waals surface area (Å²) in [6, 6.07) is 6.12. The summed E-state index contributed by atoms with van der Waals surface area (Å²) < 4.78 is 31.6. The molecule has 1 aromatic rings. The molecule has 106 valence electrons. The molecule has 0 radical (unpaired) electrons. The van der Waals surface area contributed by atoms with Crippen LogP contribution >= 0.6 is 0 Å². The molecule has 0 aliphatic carbocycles. The van der Waals surface area contributed by atoms with E-state index in [1.54, 1.807) is 18.2 Å². The van der Waals surface area contributed by atoms with E-state index in [4.69, 9.17) is 4.74 Å². The Hall–Kier alpha value is -1.11. The predicted molar refractivity (Wildman–Crippen MR) is 71.6 cm³/mol. The Kier molecular flexibility index (Phi) is 4.44. The first-order valence-corrected chi connectivity index (χ1v) is 7.80. The molecule has 2 rings (SSSR count). The topological polar surface area (TPSA) is 66.8 Å². The van der Waals surface area contributed by atoms with Crippen molar-refractivity contribution < 1.29 is 18.3 Å². The Balaban J connectivity index is 2.34. The van der Waals surface area contributed by atoms with Crippen molar-refractivity contribution in [2.45, 2.75) is 30.2 Å². The van der Waals surface area contributed by atoms with Gasteiger partial charge in [0.05, 0.1) is 18.6 Å². The molecule has 1 fully saturated rings. The molecule has 6 heteroatoms. The van der Waals surface area contributed by atoms with Gasteiger partial charge in [0, 0.05) is 18.7 Å². The van der Waals surface area contributed by atoms with Gasteiger partial charge in [-0.25, -0.2) is 8.42 Å². The van der Waals surface area contributed by atoms with Crippen LogP contribution in [0.5, 0.6) is 5.75 Å². The van der Waals surface area contributed by atoms with Crippen LogP contribution in [0, 0.1) is 0 Å². The number of piperidine rings is 1. The first-order chi connectivity index (χ1) is 9.09. The fourth-order valence-corrected chi connectivity index (χ4v) is 4.09. The van der Waals surface area contributed by atoms with E-state index in [1.165, 1.54) is 17.5 Å². The number of benzene rings is 1. The van der Waals surface area contributed by atoms with Crippen LogP contribution in [0.15, 0.2) is 29.2 Å². The Morgan fingerprint density at radius 2 is 2.21 bits per heavy atom. The number of methoxy groups -OCH3 is 1. The molecule has 1 aliphatic rings. The quantitative estimate of drug-likeness (QED) is 0.903. The summed E-state index contributed by atoms with van der Waals surface area (Å²) >= 11 is 0. The van der Waals surface area contributed by atoms with Crippen LogP contribution in [0.2, 0.25) is 0 Å². The summed E-state index contributed by atoms with van der Waals surface area (Å²) in [6.45, 7) is 0.327. The van der Waals surface area contributed by atoms with Gasteiger partial charge < -0.3 is 9.84 Å². The highest BCUT2D eigenvalue weighted by molar-refractivity contribution is 7.89. The van der Waals surface area contributed by atoms with Crippen LogP contribution in [0.25, 0.3) is 0 Å². The maximum Gasteiger partial charge on any atom is 0.243 e. The van der Waals surface area contributed by atoms with E-state index >= 15 is 0 Å². The van der Waals surface area contributed by atoms with Crippen LogP contribution in [-0.2, 0) is 10.0 Å². The van der Waals surface area contributed by atoms with Crippen molar-refractivity contribution in [2.75, 3.05) is 20.3 Å². The Labute approximate surface area is 113 Å². The molecule has 0 aromatic heterocycles. The third-order valence-electron chi connectivity index (χ3n) is 3.43. The molecule has 0 saturated carbocycles. The minimum atomic E-state index is -3.56. The number of rotatable bonds is 4. The molecule has 0 amide bonds. The maximum atomic E-state index is 12.6. The second-order valence-corrected chi connectivity index (χ2v) is 6.52. The van der Waals surface area contributed by atoms with Crippen molar-refractivity contribution >= 4 is 10.0 Å². The molecule has 19 heavy (non-hydrogen) atoms. The number of hydrogen-bond acceptors (Lipinski definition) is 4. The SMILES string of the molecule is COc1cccc(S(=O)(=O)N2CCCCC2CO)c1. The van der Waals surface area contributed by atoms with Gasteiger partial charge in [0.25, 0.3) is 0 Å². The van der Waals surface area contributed by atoms with Gasteiger partial charge in [-0.05, 0) is 25.0 Å². The van der Waals surface area contributed by atoms with Gasteiger partial charge in [0.2, 0.25) is 10.0 Å². The molecule has 1 unspecified atom stereocenters. The van der Waals surface area contributed by atoms with E-state index in [2.05, 4.69) is 0 Å². The monoisotopic (exact) mass is 285 g/mol. The summed E-state index contributed by atoms with van der Waals surface area (Å²) in [5.41, 5.74) is 0. The fraction of sp³-hybridized carbons (Fsp3) is 0.538. The van der Waals surface area contributed by atoms with Crippen molar-refractivity contribution in [2.24, 2.45) is 0 Å². The largest absolute Gasteiger partial charge is 0.497 e. The molecule has 1 heterocycles. The summed E-state index contributed by atoms with van der Waals surface area (Å²) in [5.74, 6) is 0.513. The molecular formula is C13H19NO4S. The van der Waals surface area contributed by atoms with E-state index in [1.807, 2.05) is 0 Å². The third-order valence-corrected chi connectivity index (χ3v) is 5.38. The van der Waals surface area contributed by atoms with Gasteiger partial charge in [-0.1, -0.05) is 12.5 Å². The number of aliphatic hydroxyl groups excluding tert-OH is 1. The van der Waals surface area contributed by atoms with Crippen LogP contribution in [-0.4, -0.2) is 44.1 Å². The Morgan fingerprint density at radius 3 is 2.89 bits per heavy atom. The van der Waals surface area contributed by atoms with E-state index < -0.39 is 10.0 Å². The summed E-state index contributed by atoms with van der Waals surface area (Å²) in [7, 11) is -2.06. The van der Waals surface area contributed by atoms with Crippen LogP contribution in [0.1, 0.15) is 19.3 Å². The number of hydrogen-bond donors (Lipinski definition) is 1. The molecule has 1 atom stereocenters. The lowest BCUT2D eigenvalue weighted by Crippen LogP contribution is -2.45. The molecule has 1 aromatic carbocycles. The standard InChI is InChI=1S/C13H19NO4S/c1-18-12-6-4-7-13(9-12)19(16,17)14-8-3-2-5-11(14)10-15/h4,6-7,9,11,15H,2-3,5,8,10H2,1H3. The Morgan fingerprint density at radius 1 is 1.42 bits per heavy atom. The van der Waals surface area contributed by atoms with Crippen LogP contribution in [0.4, 0.5) is 0 Å². The first kappa shape index (κ1) is 14.3.